The molecule has 0 amide bonds. The van der Waals surface area contributed by atoms with E-state index in [1.807, 2.05) is 32.9 Å². The maximum absolute atomic E-state index is 12.2. The number of methoxy groups -OCH3 is 2. The van der Waals surface area contributed by atoms with Crippen molar-refractivity contribution in [1.82, 2.24) is 15.0 Å². The number of carbonyl (C=O) groups excluding carboxylic acids is 1. The molecule has 0 unspecified atom stereocenters. The summed E-state index contributed by atoms with van der Waals surface area (Å²) in [7, 11) is 2.98. The van der Waals surface area contributed by atoms with Crippen LogP contribution in [-0.4, -0.2) is 40.2 Å². The van der Waals surface area contributed by atoms with Crippen LogP contribution in [0, 0.1) is 18.3 Å². The maximum atomic E-state index is 12.2. The van der Waals surface area contributed by atoms with Crippen LogP contribution in [0.2, 0.25) is 0 Å². The highest BCUT2D eigenvalue weighted by molar-refractivity contribution is 7.15. The molecule has 0 bridgehead atoms. The first-order chi connectivity index (χ1) is 16.1. The third kappa shape index (κ3) is 4.90. The highest BCUT2D eigenvalue weighted by Crippen LogP contribution is 2.51. The highest BCUT2D eigenvalue weighted by Gasteiger charge is 2.49. The van der Waals surface area contributed by atoms with Gasteiger partial charge >= 0.3 is 5.97 Å². The molecular weight excluding hydrogens is 452 g/mol. The molecule has 180 valence electrons. The summed E-state index contributed by atoms with van der Waals surface area (Å²) in [6.07, 6.45) is 4.91. The molecule has 2 heterocycles. The first kappa shape index (κ1) is 24.1. The minimum Gasteiger partial charge on any atom is -0.481 e. The molecule has 34 heavy (non-hydrogen) atoms. The normalized spacial score (nSPS) is 21.6. The van der Waals surface area contributed by atoms with Crippen molar-refractivity contribution in [2.24, 2.45) is 11.3 Å². The Kier molecular flexibility index (Phi) is 6.60. The van der Waals surface area contributed by atoms with Crippen LogP contribution in [0.25, 0.3) is 10.4 Å². The summed E-state index contributed by atoms with van der Waals surface area (Å²) in [6, 6.07) is 7.79. The molecule has 3 aromatic rings. The summed E-state index contributed by atoms with van der Waals surface area (Å²) in [4.78, 5) is 26.3. The molecule has 4 rings (SSSR count). The Bertz CT molecular complexity index is 1200. The first-order valence-electron chi connectivity index (χ1n) is 11.2. The number of carbonyl (C=O) groups is 1. The standard InChI is InChI=1S/C25H30N4O4S/c1-15-10-16(12-17(11-15)28-23-26-9-7-20(29-23)32-4)19-13-27-22(34-19)25(31)8-6-18(21(30)33-5)24(2,3)14-25/h7,9-13,18,31H,6,8,14H2,1-5H3,(H,26,28,29)/t18-,25-/m0/s1. The molecule has 1 aromatic carbocycles. The number of nitrogens with zero attached hydrogens (tertiary/aromatic N) is 3. The Morgan fingerprint density at radius 2 is 2.03 bits per heavy atom. The smallest absolute Gasteiger partial charge is 0.309 e. The highest BCUT2D eigenvalue weighted by atomic mass is 32.1. The minimum absolute atomic E-state index is 0.216. The van der Waals surface area contributed by atoms with E-state index >= 15 is 0 Å². The molecule has 1 saturated carbocycles. The average molecular weight is 483 g/mol. The number of hydrogen-bond acceptors (Lipinski definition) is 9. The quantitative estimate of drug-likeness (QED) is 0.480. The number of thiazole rings is 1. The van der Waals surface area contributed by atoms with E-state index in [0.717, 1.165) is 21.7 Å². The Morgan fingerprint density at radius 3 is 2.74 bits per heavy atom. The molecule has 8 nitrogen and oxygen atoms in total. The lowest BCUT2D eigenvalue weighted by Crippen LogP contribution is -2.45. The fraction of sp³-hybridized carbons (Fsp3) is 0.440. The molecule has 2 atom stereocenters. The maximum Gasteiger partial charge on any atom is 0.309 e. The van der Waals surface area contributed by atoms with Crippen molar-refractivity contribution in [2.45, 2.75) is 45.6 Å². The largest absolute Gasteiger partial charge is 0.481 e. The number of anilines is 2. The molecule has 1 fully saturated rings. The molecule has 2 N–H and O–H groups in total. The number of aliphatic hydroxyl groups is 1. The Balaban J connectivity index is 1.58. The van der Waals surface area contributed by atoms with Crippen molar-refractivity contribution in [3.05, 3.63) is 47.2 Å². The van der Waals surface area contributed by atoms with Gasteiger partial charge in [-0.05, 0) is 54.9 Å². The van der Waals surface area contributed by atoms with Gasteiger partial charge in [0.15, 0.2) is 0 Å². The van der Waals surface area contributed by atoms with E-state index in [-0.39, 0.29) is 11.9 Å². The summed E-state index contributed by atoms with van der Waals surface area (Å²) in [6.45, 7) is 6.03. The summed E-state index contributed by atoms with van der Waals surface area (Å²) >= 11 is 1.48. The lowest BCUT2D eigenvalue weighted by Gasteiger charge is -2.44. The van der Waals surface area contributed by atoms with E-state index in [9.17, 15) is 9.90 Å². The Morgan fingerprint density at radius 1 is 1.24 bits per heavy atom. The topological polar surface area (TPSA) is 106 Å². The van der Waals surface area contributed by atoms with Crippen LogP contribution in [0.3, 0.4) is 0 Å². The summed E-state index contributed by atoms with van der Waals surface area (Å²) < 4.78 is 10.2. The molecule has 0 saturated heterocycles. The predicted octanol–water partition coefficient (Wildman–Crippen LogP) is 4.85. The van der Waals surface area contributed by atoms with Crippen molar-refractivity contribution < 1.29 is 19.4 Å². The van der Waals surface area contributed by atoms with E-state index in [2.05, 4.69) is 26.3 Å². The molecule has 0 aliphatic heterocycles. The number of rotatable bonds is 6. The van der Waals surface area contributed by atoms with Gasteiger partial charge in [0.05, 0.1) is 25.0 Å². The number of aromatic nitrogens is 3. The van der Waals surface area contributed by atoms with Crippen molar-refractivity contribution in [2.75, 3.05) is 19.5 Å². The fourth-order valence-corrected chi connectivity index (χ4v) is 5.79. The van der Waals surface area contributed by atoms with Crippen LogP contribution >= 0.6 is 11.3 Å². The van der Waals surface area contributed by atoms with Gasteiger partial charge in [-0.2, -0.15) is 4.98 Å². The van der Waals surface area contributed by atoms with Crippen molar-refractivity contribution in [1.29, 1.82) is 0 Å². The van der Waals surface area contributed by atoms with Crippen LogP contribution in [0.1, 0.15) is 43.7 Å². The van der Waals surface area contributed by atoms with Crippen LogP contribution in [-0.2, 0) is 15.1 Å². The number of benzene rings is 1. The number of nitrogens with one attached hydrogen (secondary N) is 1. The predicted molar refractivity (Wildman–Crippen MR) is 131 cm³/mol. The fourth-order valence-electron chi connectivity index (χ4n) is 4.77. The van der Waals surface area contributed by atoms with Gasteiger partial charge in [-0.3, -0.25) is 4.79 Å². The van der Waals surface area contributed by atoms with Crippen LogP contribution in [0.15, 0.2) is 36.7 Å². The number of aryl methyl sites for hydroxylation is 1. The SMILES string of the molecule is COC(=O)[C@@H]1CC[C@@](O)(c2ncc(-c3cc(C)cc(Nc4nccc(OC)n4)c3)s2)CC1(C)C. The minimum atomic E-state index is -1.07. The van der Waals surface area contributed by atoms with E-state index in [1.165, 1.54) is 18.4 Å². The van der Waals surface area contributed by atoms with Gasteiger partial charge in [-0.25, -0.2) is 9.97 Å². The Labute approximate surface area is 203 Å². The van der Waals surface area contributed by atoms with Crippen LogP contribution in [0.4, 0.5) is 11.6 Å². The van der Waals surface area contributed by atoms with Gasteiger partial charge < -0.3 is 19.9 Å². The lowest BCUT2D eigenvalue weighted by atomic mass is 9.63. The first-order valence-corrected chi connectivity index (χ1v) is 12.0. The summed E-state index contributed by atoms with van der Waals surface area (Å²) in [5.41, 5.74) is 1.42. The van der Waals surface area contributed by atoms with E-state index in [4.69, 9.17) is 9.47 Å². The molecule has 1 aliphatic rings. The van der Waals surface area contributed by atoms with Gasteiger partial charge in [0.25, 0.3) is 0 Å². The van der Waals surface area contributed by atoms with Gasteiger partial charge in [0.2, 0.25) is 11.8 Å². The van der Waals surface area contributed by atoms with Gasteiger partial charge in [0.1, 0.15) is 10.6 Å². The second-order valence-electron chi connectivity index (χ2n) is 9.48. The third-order valence-electron chi connectivity index (χ3n) is 6.38. The zero-order chi connectivity index (χ0) is 24.5. The zero-order valence-corrected chi connectivity index (χ0v) is 20.9. The summed E-state index contributed by atoms with van der Waals surface area (Å²) in [5, 5.41) is 15.4. The average Bonchev–Trinajstić information content (AvgIpc) is 3.29. The van der Waals surface area contributed by atoms with Crippen LogP contribution < -0.4 is 10.1 Å². The van der Waals surface area contributed by atoms with Crippen molar-refractivity contribution in [3.63, 3.8) is 0 Å². The lowest BCUT2D eigenvalue weighted by molar-refractivity contribution is -0.157. The van der Waals surface area contributed by atoms with E-state index in [1.54, 1.807) is 25.6 Å². The molecular formula is C25H30N4O4S. The second kappa shape index (κ2) is 9.31. The van der Waals surface area contributed by atoms with Crippen molar-refractivity contribution >= 4 is 28.9 Å². The van der Waals surface area contributed by atoms with Gasteiger partial charge in [-0.15, -0.1) is 11.3 Å². The van der Waals surface area contributed by atoms with Crippen molar-refractivity contribution in [3.8, 4) is 16.3 Å². The molecule has 0 spiro atoms. The molecule has 2 aromatic heterocycles. The van der Waals surface area contributed by atoms with Gasteiger partial charge in [0, 0.05) is 24.1 Å². The monoisotopic (exact) mass is 482 g/mol. The van der Waals surface area contributed by atoms with Gasteiger partial charge in [-0.1, -0.05) is 19.9 Å². The molecule has 1 aliphatic carbocycles. The number of hydrogen-bond donors (Lipinski definition) is 2. The molecule has 9 heteroatoms. The van der Waals surface area contributed by atoms with Crippen LogP contribution in [0.5, 0.6) is 5.88 Å². The summed E-state index contributed by atoms with van der Waals surface area (Å²) in [5.74, 6) is 0.475. The molecule has 0 radical (unpaired) electrons. The Hall–Kier alpha value is -3.04. The second-order valence-corrected chi connectivity index (χ2v) is 10.5. The number of ether oxygens (including phenoxy) is 2. The zero-order valence-electron chi connectivity index (χ0n) is 20.1. The number of esters is 1. The third-order valence-corrected chi connectivity index (χ3v) is 7.62. The van der Waals surface area contributed by atoms with E-state index < -0.39 is 11.0 Å². The van der Waals surface area contributed by atoms with E-state index in [0.29, 0.717) is 36.1 Å².